The molecule has 2 aliphatic rings. The molecule has 0 spiro atoms. The molecule has 86 heavy (non-hydrogen) atoms. The zero-order valence-electron chi connectivity index (χ0n) is 47.4. The van der Waals surface area contributed by atoms with Gasteiger partial charge in [0.2, 0.25) is 20.0 Å². The first kappa shape index (κ1) is 62.6. The number of benzene rings is 6. The third kappa shape index (κ3) is 14.3. The van der Waals surface area contributed by atoms with Gasteiger partial charge in [-0.15, -0.1) is 0 Å². The van der Waals surface area contributed by atoms with Gasteiger partial charge in [-0.3, -0.25) is 35.0 Å². The standard InChI is InChI=1S/C59H63N7O16S4/c1-42-18-26-52(27-19-42)85(75,76)81-58-44(10-7-16-56(58)79-3)38-61-34-36-63(83(71,72)50-30-22-48(23-31-50)65(67)68)40-46-12-9-13-47(60-46)41-64(84(73,74)51-32-24-49(25-33-51)66(69)70)37-35-62(55-15-6-5-14-54(55)61)39-45-11-8-17-57(80-4)59(45)82-86(77,78)53-28-20-43(2)21-29-53/h7-13,16-33,54-55H,5-6,14-15,34-41H2,1-4H3/t54-,55-/m1/s1. The Labute approximate surface area is 500 Å². The predicted molar refractivity (Wildman–Crippen MR) is 316 cm³/mol. The fraction of sp³-hybridized carbons (Fsp3) is 0.305. The molecule has 0 unspecified atom stereocenters. The van der Waals surface area contributed by atoms with E-state index in [2.05, 4.69) is 0 Å². The van der Waals surface area contributed by atoms with Gasteiger partial charge in [-0.1, -0.05) is 78.6 Å². The van der Waals surface area contributed by atoms with E-state index in [-0.39, 0.29) is 118 Å². The van der Waals surface area contributed by atoms with Gasteiger partial charge in [-0.25, -0.2) is 16.8 Å². The lowest BCUT2D eigenvalue weighted by Crippen LogP contribution is -2.55. The average Bonchev–Trinajstić information content (AvgIpc) is 1.63. The lowest BCUT2D eigenvalue weighted by Gasteiger charge is -2.46. The van der Waals surface area contributed by atoms with E-state index in [1.54, 1.807) is 78.9 Å². The predicted octanol–water partition coefficient (Wildman–Crippen LogP) is 8.78. The molecule has 1 aromatic heterocycles. The SMILES string of the molecule is COc1cccc(CN2CCN(S(=O)(=O)c3ccc([N+](=O)[O-])cc3)Cc3cccc(n3)CN(S(=O)(=O)c3ccc([N+](=O)[O-])cc3)CCN(Cc3cccc(OC)c3OS(=O)(=O)c3ccc(C)cc3)[C@@H]3CCCC[C@H]32)c1OS(=O)(=O)c1ccc(C)cc1. The summed E-state index contributed by atoms with van der Waals surface area (Å²) in [4.78, 5) is 30.2. The minimum absolute atomic E-state index is 0.0504. The first-order chi connectivity index (χ1) is 41.0. The van der Waals surface area contributed by atoms with Gasteiger partial charge in [-0.2, -0.15) is 25.4 Å². The smallest absolute Gasteiger partial charge is 0.339 e. The molecule has 0 radical (unpaired) electrons. The molecular formula is C59H63N7O16S4. The Bertz CT molecular complexity index is 3810. The second-order valence-electron chi connectivity index (χ2n) is 20.8. The zero-order valence-corrected chi connectivity index (χ0v) is 50.6. The molecule has 2 heterocycles. The van der Waals surface area contributed by atoms with E-state index >= 15 is 16.8 Å². The van der Waals surface area contributed by atoms with Crippen molar-refractivity contribution < 1.29 is 61.4 Å². The van der Waals surface area contributed by atoms with Crippen LogP contribution in [-0.4, -0.2) is 119 Å². The summed E-state index contributed by atoms with van der Waals surface area (Å²) in [6.45, 7) is 2.10. The highest BCUT2D eigenvalue weighted by Gasteiger charge is 2.39. The Hall–Kier alpha value is -7.89. The van der Waals surface area contributed by atoms with Gasteiger partial charge in [0.15, 0.2) is 23.0 Å². The average molecular weight is 1250 g/mol. The lowest BCUT2D eigenvalue weighted by molar-refractivity contribution is -0.385. The van der Waals surface area contributed by atoms with E-state index < -0.39 is 62.2 Å². The molecule has 0 saturated heterocycles. The molecule has 454 valence electrons. The topological polar surface area (TPSA) is 286 Å². The number of ether oxygens (including phenoxy) is 2. The number of nitro benzene ring substituents is 2. The van der Waals surface area contributed by atoms with Gasteiger partial charge in [0, 0.05) is 86.7 Å². The summed E-state index contributed by atoms with van der Waals surface area (Å²) in [5.41, 5.74) is 2.00. The van der Waals surface area contributed by atoms with E-state index in [4.69, 9.17) is 22.8 Å². The molecular weight excluding hydrogens is 1190 g/mol. The van der Waals surface area contributed by atoms with Gasteiger partial charge >= 0.3 is 20.2 Å². The number of hydrogen-bond donors (Lipinski definition) is 0. The number of nitrogens with zero attached hydrogens (tertiary/aromatic N) is 7. The molecule has 6 aromatic carbocycles. The molecule has 1 aliphatic carbocycles. The van der Waals surface area contributed by atoms with Crippen molar-refractivity contribution in [2.75, 3.05) is 40.4 Å². The maximum atomic E-state index is 15.1. The fourth-order valence-electron chi connectivity index (χ4n) is 10.6. The van der Waals surface area contributed by atoms with Crippen LogP contribution < -0.4 is 17.8 Å². The quantitative estimate of drug-likeness (QED) is 0.0440. The van der Waals surface area contributed by atoms with Crippen molar-refractivity contribution in [3.05, 3.63) is 206 Å². The van der Waals surface area contributed by atoms with Crippen LogP contribution in [0.3, 0.4) is 0 Å². The number of rotatable bonds is 18. The number of methoxy groups -OCH3 is 2. The number of sulfonamides is 2. The van der Waals surface area contributed by atoms with Crippen LogP contribution >= 0.6 is 0 Å². The summed E-state index contributed by atoms with van der Waals surface area (Å²) in [7, 11) is -15.4. The van der Waals surface area contributed by atoms with Gasteiger partial charge in [0.05, 0.1) is 58.3 Å². The van der Waals surface area contributed by atoms with Crippen molar-refractivity contribution >= 4 is 51.7 Å². The van der Waals surface area contributed by atoms with Gasteiger partial charge in [0.25, 0.3) is 11.4 Å². The Morgan fingerprint density at radius 2 is 0.826 bits per heavy atom. The number of aromatic nitrogens is 1. The van der Waals surface area contributed by atoms with Crippen LogP contribution in [0, 0.1) is 34.1 Å². The molecule has 9 rings (SSSR count). The highest BCUT2D eigenvalue weighted by atomic mass is 32.2. The molecule has 23 nitrogen and oxygen atoms in total. The van der Waals surface area contributed by atoms with Crippen molar-refractivity contribution in [3.63, 3.8) is 0 Å². The van der Waals surface area contributed by atoms with Crippen LogP contribution in [0.1, 0.15) is 59.3 Å². The minimum Gasteiger partial charge on any atom is -0.493 e. The van der Waals surface area contributed by atoms with Gasteiger partial charge < -0.3 is 17.8 Å². The maximum Gasteiger partial charge on any atom is 0.339 e. The van der Waals surface area contributed by atoms with E-state index in [9.17, 15) is 37.1 Å². The number of hydrogen-bond acceptors (Lipinski definition) is 19. The van der Waals surface area contributed by atoms with Crippen molar-refractivity contribution in [2.24, 2.45) is 0 Å². The van der Waals surface area contributed by atoms with Crippen molar-refractivity contribution in [3.8, 4) is 23.0 Å². The largest absolute Gasteiger partial charge is 0.493 e. The van der Waals surface area contributed by atoms with Gasteiger partial charge in [-0.05, 0) is 99.5 Å². The number of fused-ring (bicyclic) bond motifs is 3. The lowest BCUT2D eigenvalue weighted by atomic mass is 9.87. The Kier molecular flexibility index (Phi) is 19.2. The van der Waals surface area contributed by atoms with Crippen LogP contribution in [0.25, 0.3) is 0 Å². The summed E-state index contributed by atoms with van der Waals surface area (Å²) in [5, 5.41) is 23.5. The van der Waals surface area contributed by atoms with Crippen molar-refractivity contribution in [1.82, 2.24) is 23.4 Å². The molecule has 1 fully saturated rings. The minimum atomic E-state index is -4.55. The first-order valence-electron chi connectivity index (χ1n) is 27.2. The Morgan fingerprint density at radius 1 is 0.477 bits per heavy atom. The van der Waals surface area contributed by atoms with E-state index in [1.165, 1.54) is 47.1 Å². The van der Waals surface area contributed by atoms with Crippen molar-refractivity contribution in [1.29, 1.82) is 0 Å². The second-order valence-corrected chi connectivity index (χ2v) is 27.7. The van der Waals surface area contributed by atoms with Crippen molar-refractivity contribution in [2.45, 2.75) is 97.4 Å². The summed E-state index contributed by atoms with van der Waals surface area (Å²) < 4.78 is 143. The summed E-state index contributed by atoms with van der Waals surface area (Å²) in [5.74, 6) is -0.112. The van der Waals surface area contributed by atoms with Crippen LogP contribution in [0.5, 0.6) is 23.0 Å². The maximum absolute atomic E-state index is 15.1. The second kappa shape index (κ2) is 26.4. The number of aryl methyl sites for hydroxylation is 2. The van der Waals surface area contributed by atoms with Crippen LogP contribution in [0.2, 0.25) is 0 Å². The molecule has 0 amide bonds. The first-order valence-corrected chi connectivity index (χ1v) is 32.9. The molecule has 27 heteroatoms. The third-order valence-corrected chi connectivity index (χ3v) is 21.3. The normalized spacial score (nSPS) is 17.3. The highest BCUT2D eigenvalue weighted by molar-refractivity contribution is 7.89. The number of pyridine rings is 1. The molecule has 2 bridgehead atoms. The Balaban J connectivity index is 1.22. The summed E-state index contributed by atoms with van der Waals surface area (Å²) >= 11 is 0. The monoisotopic (exact) mass is 1250 g/mol. The fourth-order valence-corrected chi connectivity index (χ4v) is 15.4. The highest BCUT2D eigenvalue weighted by Crippen LogP contribution is 2.40. The van der Waals surface area contributed by atoms with Gasteiger partial charge in [0.1, 0.15) is 9.79 Å². The molecule has 0 N–H and O–H groups in total. The van der Waals surface area contributed by atoms with Crippen LogP contribution in [0.4, 0.5) is 11.4 Å². The molecule has 1 saturated carbocycles. The zero-order chi connectivity index (χ0) is 61.6. The van der Waals surface area contributed by atoms with Crippen LogP contribution in [-0.2, 0) is 66.5 Å². The molecule has 1 aliphatic heterocycles. The summed E-state index contributed by atoms with van der Waals surface area (Å²) in [6.07, 6.45) is 2.21. The van der Waals surface area contributed by atoms with E-state index in [0.29, 0.717) is 36.8 Å². The number of nitro groups is 2. The number of non-ortho nitro benzene ring substituents is 2. The number of para-hydroxylation sites is 2. The van der Waals surface area contributed by atoms with E-state index in [1.807, 2.05) is 23.6 Å². The van der Waals surface area contributed by atoms with E-state index in [0.717, 1.165) is 59.7 Å². The molecule has 7 aromatic rings. The summed E-state index contributed by atoms with van der Waals surface area (Å²) in [6, 6.07) is 34.4. The van der Waals surface area contributed by atoms with Crippen LogP contribution in [0.15, 0.2) is 171 Å². The Morgan fingerprint density at radius 3 is 1.17 bits per heavy atom. The third-order valence-electron chi connectivity index (χ3n) is 15.1. The molecule has 2 atom stereocenters.